The van der Waals surface area contributed by atoms with Gasteiger partial charge in [0, 0.05) is 16.6 Å². The Morgan fingerprint density at radius 3 is 2.62 bits per heavy atom. The van der Waals surface area contributed by atoms with Crippen LogP contribution in [0.3, 0.4) is 0 Å². The number of aromatic nitrogens is 3. The Kier molecular flexibility index (Phi) is 8.68. The van der Waals surface area contributed by atoms with E-state index >= 15 is 0 Å². The fraction of sp³-hybridized carbons (Fsp3) is 0.280. The van der Waals surface area contributed by atoms with Gasteiger partial charge < -0.3 is 15.2 Å². The Morgan fingerprint density at radius 2 is 1.91 bits per heavy atom. The fourth-order valence-corrected chi connectivity index (χ4v) is 4.66. The molecular weight excluding hydrogens is 514 g/mol. The SMILES string of the molecule is C=CCn1c(SCC(=O)Nc2cc(C)c(C)cc2Br)nnc1[C@H](C)NC(=O)c1cccc(C)c1. The Labute approximate surface area is 212 Å². The molecule has 2 amide bonds. The van der Waals surface area contributed by atoms with Gasteiger partial charge in [-0.3, -0.25) is 9.59 Å². The number of amides is 2. The number of allylic oxidation sites excluding steroid dienone is 1. The van der Waals surface area contributed by atoms with Crippen molar-refractivity contribution in [3.05, 3.63) is 81.6 Å². The van der Waals surface area contributed by atoms with E-state index < -0.39 is 0 Å². The van der Waals surface area contributed by atoms with Crippen LogP contribution in [0.25, 0.3) is 0 Å². The summed E-state index contributed by atoms with van der Waals surface area (Å²) in [5.74, 6) is 0.431. The van der Waals surface area contributed by atoms with Gasteiger partial charge in [-0.2, -0.15) is 0 Å². The molecule has 1 heterocycles. The van der Waals surface area contributed by atoms with Crippen molar-refractivity contribution < 1.29 is 9.59 Å². The van der Waals surface area contributed by atoms with Gasteiger partial charge >= 0.3 is 0 Å². The second-order valence-electron chi connectivity index (χ2n) is 8.06. The van der Waals surface area contributed by atoms with Crippen LogP contribution in [0.1, 0.15) is 45.8 Å². The number of benzene rings is 2. The standard InChI is InChI=1S/C25H28BrN5O2S/c1-6-10-31-23(18(5)27-24(33)19-9-7-8-15(2)11-19)29-30-25(31)34-14-22(32)28-21-13-17(4)16(3)12-20(21)26/h6-9,11-13,18H,1,10,14H2,2-5H3,(H,27,33)(H,28,32)/t18-/m0/s1. The lowest BCUT2D eigenvalue weighted by atomic mass is 10.1. The van der Waals surface area contributed by atoms with Crippen molar-refractivity contribution in [2.45, 2.75) is 45.4 Å². The molecule has 0 fully saturated rings. The Hall–Kier alpha value is -2.91. The van der Waals surface area contributed by atoms with E-state index in [4.69, 9.17) is 0 Å². The third kappa shape index (κ3) is 6.36. The summed E-state index contributed by atoms with van der Waals surface area (Å²) in [5, 5.41) is 15.0. The Bertz CT molecular complexity index is 1220. The molecule has 2 N–H and O–H groups in total. The van der Waals surface area contributed by atoms with Crippen LogP contribution in [0.2, 0.25) is 0 Å². The zero-order valence-corrected chi connectivity index (χ0v) is 22.1. The first-order chi connectivity index (χ1) is 16.2. The highest BCUT2D eigenvalue weighted by molar-refractivity contribution is 9.10. The van der Waals surface area contributed by atoms with Gasteiger partial charge in [-0.25, -0.2) is 0 Å². The van der Waals surface area contributed by atoms with Gasteiger partial charge in [0.15, 0.2) is 11.0 Å². The quantitative estimate of drug-likeness (QED) is 0.280. The number of rotatable bonds is 9. The summed E-state index contributed by atoms with van der Waals surface area (Å²) in [6, 6.07) is 11.0. The van der Waals surface area contributed by atoms with Crippen LogP contribution in [0.15, 0.2) is 58.7 Å². The summed E-state index contributed by atoms with van der Waals surface area (Å²) >= 11 is 4.79. The van der Waals surface area contributed by atoms with Crippen molar-refractivity contribution in [2.24, 2.45) is 0 Å². The molecular formula is C25H28BrN5O2S. The maximum Gasteiger partial charge on any atom is 0.251 e. The first-order valence-electron chi connectivity index (χ1n) is 10.8. The van der Waals surface area contributed by atoms with E-state index in [2.05, 4.69) is 43.3 Å². The number of hydrogen-bond acceptors (Lipinski definition) is 5. The highest BCUT2D eigenvalue weighted by Gasteiger charge is 2.20. The monoisotopic (exact) mass is 541 g/mol. The lowest BCUT2D eigenvalue weighted by Gasteiger charge is -2.15. The maximum absolute atomic E-state index is 12.7. The van der Waals surface area contributed by atoms with E-state index in [-0.39, 0.29) is 23.6 Å². The highest BCUT2D eigenvalue weighted by Crippen LogP contribution is 2.27. The van der Waals surface area contributed by atoms with E-state index in [1.807, 2.05) is 62.6 Å². The number of anilines is 1. The van der Waals surface area contributed by atoms with E-state index in [0.717, 1.165) is 26.9 Å². The molecule has 1 aromatic heterocycles. The molecule has 178 valence electrons. The fourth-order valence-electron chi connectivity index (χ4n) is 3.35. The summed E-state index contributed by atoms with van der Waals surface area (Å²) in [7, 11) is 0. The number of hydrogen-bond donors (Lipinski definition) is 2. The predicted molar refractivity (Wildman–Crippen MR) is 140 cm³/mol. The van der Waals surface area contributed by atoms with Crippen molar-refractivity contribution in [1.82, 2.24) is 20.1 Å². The maximum atomic E-state index is 12.7. The van der Waals surface area contributed by atoms with Gasteiger partial charge in [-0.05, 0) is 79.0 Å². The molecule has 3 rings (SSSR count). The number of carbonyl (C=O) groups is 2. The zero-order chi connectivity index (χ0) is 24.8. The van der Waals surface area contributed by atoms with Gasteiger partial charge in [0.2, 0.25) is 5.91 Å². The molecule has 2 aromatic carbocycles. The molecule has 0 saturated carbocycles. The Morgan fingerprint density at radius 1 is 1.18 bits per heavy atom. The second-order valence-corrected chi connectivity index (χ2v) is 9.85. The lowest BCUT2D eigenvalue weighted by molar-refractivity contribution is -0.113. The van der Waals surface area contributed by atoms with Gasteiger partial charge in [0.1, 0.15) is 0 Å². The lowest BCUT2D eigenvalue weighted by Crippen LogP contribution is -2.29. The summed E-state index contributed by atoms with van der Waals surface area (Å²) in [4.78, 5) is 25.3. The van der Waals surface area contributed by atoms with Crippen molar-refractivity contribution in [3.8, 4) is 0 Å². The normalized spacial score (nSPS) is 11.7. The average Bonchev–Trinajstić information content (AvgIpc) is 3.19. The van der Waals surface area contributed by atoms with Crippen LogP contribution in [-0.2, 0) is 11.3 Å². The molecule has 0 aliphatic heterocycles. The van der Waals surface area contributed by atoms with E-state index in [1.165, 1.54) is 11.8 Å². The van der Waals surface area contributed by atoms with Crippen LogP contribution < -0.4 is 10.6 Å². The van der Waals surface area contributed by atoms with Crippen LogP contribution in [0.5, 0.6) is 0 Å². The van der Waals surface area contributed by atoms with Gasteiger partial charge in [-0.1, -0.05) is 35.5 Å². The molecule has 3 aromatic rings. The molecule has 0 bridgehead atoms. The minimum atomic E-state index is -0.380. The van der Waals surface area contributed by atoms with E-state index in [0.29, 0.717) is 23.1 Å². The number of carbonyl (C=O) groups excluding carboxylic acids is 2. The average molecular weight is 543 g/mol. The molecule has 0 unspecified atom stereocenters. The Balaban J connectivity index is 1.68. The molecule has 0 aliphatic rings. The first kappa shape index (κ1) is 25.7. The minimum Gasteiger partial charge on any atom is -0.342 e. The molecule has 9 heteroatoms. The predicted octanol–water partition coefficient (Wildman–Crippen LogP) is 5.37. The second kappa shape index (κ2) is 11.5. The molecule has 1 atom stereocenters. The number of aryl methyl sites for hydroxylation is 3. The van der Waals surface area contributed by atoms with Crippen molar-refractivity contribution >= 4 is 45.2 Å². The van der Waals surface area contributed by atoms with Crippen LogP contribution in [0, 0.1) is 20.8 Å². The third-order valence-electron chi connectivity index (χ3n) is 5.26. The molecule has 0 spiro atoms. The zero-order valence-electron chi connectivity index (χ0n) is 19.7. The van der Waals surface area contributed by atoms with Crippen molar-refractivity contribution in [3.63, 3.8) is 0 Å². The van der Waals surface area contributed by atoms with Crippen LogP contribution in [0.4, 0.5) is 5.69 Å². The molecule has 0 radical (unpaired) electrons. The van der Waals surface area contributed by atoms with Gasteiger partial charge in [-0.15, -0.1) is 16.8 Å². The number of nitrogens with zero attached hydrogens (tertiary/aromatic N) is 3. The minimum absolute atomic E-state index is 0.149. The number of thioether (sulfide) groups is 1. The largest absolute Gasteiger partial charge is 0.342 e. The number of nitrogens with one attached hydrogen (secondary N) is 2. The molecule has 0 aliphatic carbocycles. The molecule has 34 heavy (non-hydrogen) atoms. The smallest absolute Gasteiger partial charge is 0.251 e. The summed E-state index contributed by atoms with van der Waals surface area (Å²) in [6.07, 6.45) is 1.73. The van der Waals surface area contributed by atoms with Crippen LogP contribution in [-0.4, -0.2) is 32.3 Å². The third-order valence-corrected chi connectivity index (χ3v) is 6.88. The van der Waals surface area contributed by atoms with Gasteiger partial charge in [0.05, 0.1) is 17.5 Å². The molecule has 0 saturated heterocycles. The highest BCUT2D eigenvalue weighted by atomic mass is 79.9. The van der Waals surface area contributed by atoms with E-state index in [9.17, 15) is 9.59 Å². The van der Waals surface area contributed by atoms with E-state index in [1.54, 1.807) is 12.1 Å². The first-order valence-corrected chi connectivity index (χ1v) is 12.6. The summed E-state index contributed by atoms with van der Waals surface area (Å²) in [6.45, 7) is 12.1. The van der Waals surface area contributed by atoms with Crippen LogP contribution >= 0.6 is 27.7 Å². The molecule has 7 nitrogen and oxygen atoms in total. The van der Waals surface area contributed by atoms with Gasteiger partial charge in [0.25, 0.3) is 5.91 Å². The van der Waals surface area contributed by atoms with Crippen molar-refractivity contribution in [2.75, 3.05) is 11.1 Å². The summed E-state index contributed by atoms with van der Waals surface area (Å²) < 4.78 is 2.70. The number of halogens is 1. The topological polar surface area (TPSA) is 88.9 Å². The van der Waals surface area contributed by atoms with Crippen molar-refractivity contribution in [1.29, 1.82) is 0 Å². The summed E-state index contributed by atoms with van der Waals surface area (Å²) in [5.41, 5.74) is 4.58.